The molecule has 1 unspecified atom stereocenters. The number of carbonyl (C=O) groups is 2. The van der Waals surface area contributed by atoms with Gasteiger partial charge in [0.25, 0.3) is 5.92 Å². The van der Waals surface area contributed by atoms with E-state index in [0.717, 1.165) is 6.07 Å². The Morgan fingerprint density at radius 1 is 1.19 bits per heavy atom. The van der Waals surface area contributed by atoms with Gasteiger partial charge in [-0.25, -0.2) is 8.78 Å². The van der Waals surface area contributed by atoms with E-state index in [1.807, 2.05) is 0 Å². The SMILES string of the molecule is CC(C(=O)Nc1cc(C(C)(F)F)cc(C(F)(F)F)c1)N1CCNCC1=O. The van der Waals surface area contributed by atoms with E-state index in [1.165, 1.54) is 11.8 Å². The predicted molar refractivity (Wildman–Crippen MR) is 83.7 cm³/mol. The van der Waals surface area contributed by atoms with Gasteiger partial charge < -0.3 is 15.5 Å². The largest absolute Gasteiger partial charge is 0.416 e. The van der Waals surface area contributed by atoms with Crippen LogP contribution in [0.15, 0.2) is 18.2 Å². The number of alkyl halides is 5. The lowest BCUT2D eigenvalue weighted by atomic mass is 10.0. The number of rotatable bonds is 4. The number of hydrogen-bond donors (Lipinski definition) is 2. The van der Waals surface area contributed by atoms with Crippen molar-refractivity contribution in [3.8, 4) is 0 Å². The van der Waals surface area contributed by atoms with Crippen molar-refractivity contribution in [3.05, 3.63) is 29.3 Å². The first-order chi connectivity index (χ1) is 11.9. The van der Waals surface area contributed by atoms with Crippen molar-refractivity contribution in [2.75, 3.05) is 25.0 Å². The van der Waals surface area contributed by atoms with Gasteiger partial charge in [-0.05, 0) is 25.1 Å². The molecule has 10 heteroatoms. The van der Waals surface area contributed by atoms with Crippen LogP contribution in [0.5, 0.6) is 0 Å². The number of nitrogens with zero attached hydrogens (tertiary/aromatic N) is 1. The van der Waals surface area contributed by atoms with E-state index in [0.29, 0.717) is 25.6 Å². The Bertz CT molecular complexity index is 668. The van der Waals surface area contributed by atoms with Crippen LogP contribution in [-0.2, 0) is 21.7 Å². The van der Waals surface area contributed by atoms with Gasteiger partial charge in [0.1, 0.15) is 6.04 Å². The average Bonchev–Trinajstić information content (AvgIpc) is 2.52. The summed E-state index contributed by atoms with van der Waals surface area (Å²) in [5.41, 5.74) is -2.57. The van der Waals surface area contributed by atoms with Gasteiger partial charge in [-0.1, -0.05) is 0 Å². The van der Waals surface area contributed by atoms with Crippen LogP contribution >= 0.6 is 0 Å². The first-order valence-electron chi connectivity index (χ1n) is 7.81. The summed E-state index contributed by atoms with van der Waals surface area (Å²) in [5, 5.41) is 5.02. The lowest BCUT2D eigenvalue weighted by Gasteiger charge is -2.32. The molecule has 0 bridgehead atoms. The number of piperazine rings is 1. The highest BCUT2D eigenvalue weighted by Crippen LogP contribution is 2.36. The maximum Gasteiger partial charge on any atom is 0.416 e. The van der Waals surface area contributed by atoms with Crippen molar-refractivity contribution in [1.29, 1.82) is 0 Å². The van der Waals surface area contributed by atoms with Crippen LogP contribution in [0.1, 0.15) is 25.0 Å². The molecule has 26 heavy (non-hydrogen) atoms. The monoisotopic (exact) mass is 379 g/mol. The molecule has 1 heterocycles. The fraction of sp³-hybridized carbons (Fsp3) is 0.500. The number of nitrogens with one attached hydrogen (secondary N) is 2. The summed E-state index contributed by atoms with van der Waals surface area (Å²) >= 11 is 0. The molecule has 2 rings (SSSR count). The van der Waals surface area contributed by atoms with Crippen molar-refractivity contribution in [3.63, 3.8) is 0 Å². The molecule has 1 fully saturated rings. The molecule has 2 N–H and O–H groups in total. The molecule has 1 aromatic rings. The van der Waals surface area contributed by atoms with E-state index in [1.54, 1.807) is 0 Å². The molecule has 1 saturated heterocycles. The van der Waals surface area contributed by atoms with Gasteiger partial charge in [0, 0.05) is 31.3 Å². The van der Waals surface area contributed by atoms with E-state index >= 15 is 0 Å². The lowest BCUT2D eigenvalue weighted by molar-refractivity contribution is -0.138. The maximum atomic E-state index is 13.5. The van der Waals surface area contributed by atoms with Crippen LogP contribution in [-0.4, -0.2) is 42.4 Å². The number of carbonyl (C=O) groups excluding carboxylic acids is 2. The quantitative estimate of drug-likeness (QED) is 0.791. The van der Waals surface area contributed by atoms with E-state index in [9.17, 15) is 31.5 Å². The van der Waals surface area contributed by atoms with E-state index in [4.69, 9.17) is 0 Å². The summed E-state index contributed by atoms with van der Waals surface area (Å²) in [7, 11) is 0. The van der Waals surface area contributed by atoms with E-state index in [2.05, 4.69) is 10.6 Å². The van der Waals surface area contributed by atoms with Gasteiger partial charge in [0.2, 0.25) is 11.8 Å². The molecule has 0 spiro atoms. The molecule has 0 radical (unpaired) electrons. The standard InChI is InChI=1S/C16H18F5N3O2/c1-9(24-4-3-22-8-13(24)25)14(26)23-12-6-10(15(2,17)18)5-11(7-12)16(19,20)21/h5-7,9,22H,3-4,8H2,1-2H3,(H,23,26). The highest BCUT2D eigenvalue weighted by Gasteiger charge is 2.35. The van der Waals surface area contributed by atoms with Crippen molar-refractivity contribution < 1.29 is 31.5 Å². The maximum absolute atomic E-state index is 13.5. The second-order valence-corrected chi connectivity index (χ2v) is 6.11. The van der Waals surface area contributed by atoms with Gasteiger partial charge in [0.15, 0.2) is 0 Å². The molecule has 1 aliphatic heterocycles. The molecule has 0 aliphatic carbocycles. The highest BCUT2D eigenvalue weighted by atomic mass is 19.4. The Kier molecular flexibility index (Phi) is 5.55. The number of amides is 2. The normalized spacial score (nSPS) is 17.2. The van der Waals surface area contributed by atoms with Crippen LogP contribution in [0.4, 0.5) is 27.6 Å². The molecule has 1 aliphatic rings. The van der Waals surface area contributed by atoms with Crippen molar-refractivity contribution in [2.45, 2.75) is 32.0 Å². The van der Waals surface area contributed by atoms with Gasteiger partial charge in [0.05, 0.1) is 12.1 Å². The third-order valence-corrected chi connectivity index (χ3v) is 4.01. The summed E-state index contributed by atoms with van der Waals surface area (Å²) < 4.78 is 65.9. The van der Waals surface area contributed by atoms with Crippen molar-refractivity contribution >= 4 is 17.5 Å². The second kappa shape index (κ2) is 7.18. The minimum absolute atomic E-state index is 0.0490. The molecule has 1 aromatic carbocycles. The lowest BCUT2D eigenvalue weighted by Crippen LogP contribution is -2.54. The van der Waals surface area contributed by atoms with E-state index in [-0.39, 0.29) is 19.0 Å². The Hall–Kier alpha value is -2.23. The van der Waals surface area contributed by atoms with Gasteiger partial charge >= 0.3 is 6.18 Å². The Labute approximate surface area is 146 Å². The van der Waals surface area contributed by atoms with Crippen LogP contribution in [0.2, 0.25) is 0 Å². The molecular formula is C16H18F5N3O2. The summed E-state index contributed by atoms with van der Waals surface area (Å²) in [5.74, 6) is -4.60. The van der Waals surface area contributed by atoms with Crippen LogP contribution in [0.25, 0.3) is 0 Å². The fourth-order valence-electron chi connectivity index (χ4n) is 2.54. The van der Waals surface area contributed by atoms with E-state index < -0.39 is 40.9 Å². The minimum Gasteiger partial charge on any atom is -0.329 e. The molecule has 5 nitrogen and oxygen atoms in total. The summed E-state index contributed by atoms with van der Waals surface area (Å²) in [4.78, 5) is 25.4. The third kappa shape index (κ3) is 4.69. The molecular weight excluding hydrogens is 361 g/mol. The average molecular weight is 379 g/mol. The number of benzene rings is 1. The number of halogens is 5. The molecule has 144 valence electrons. The predicted octanol–water partition coefficient (Wildman–Crippen LogP) is 2.58. The highest BCUT2D eigenvalue weighted by molar-refractivity contribution is 5.97. The molecule has 0 aromatic heterocycles. The summed E-state index contributed by atoms with van der Waals surface area (Å²) in [6.45, 7) is 2.67. The van der Waals surface area contributed by atoms with Gasteiger partial charge in [-0.3, -0.25) is 9.59 Å². The van der Waals surface area contributed by atoms with Crippen LogP contribution < -0.4 is 10.6 Å². The minimum atomic E-state index is -4.85. The molecule has 2 amide bonds. The number of hydrogen-bond acceptors (Lipinski definition) is 3. The zero-order chi connectivity index (χ0) is 19.7. The summed E-state index contributed by atoms with van der Waals surface area (Å²) in [6.07, 6.45) is -4.85. The smallest absolute Gasteiger partial charge is 0.329 e. The zero-order valence-electron chi connectivity index (χ0n) is 14.1. The third-order valence-electron chi connectivity index (χ3n) is 4.01. The first kappa shape index (κ1) is 20.1. The van der Waals surface area contributed by atoms with Gasteiger partial charge in [-0.2, -0.15) is 13.2 Å². The molecule has 0 saturated carbocycles. The topological polar surface area (TPSA) is 61.4 Å². The summed E-state index contributed by atoms with van der Waals surface area (Å²) in [6, 6.07) is 0.766. The van der Waals surface area contributed by atoms with Crippen molar-refractivity contribution in [2.24, 2.45) is 0 Å². The first-order valence-corrected chi connectivity index (χ1v) is 7.81. The Balaban J connectivity index is 2.27. The number of anilines is 1. The zero-order valence-corrected chi connectivity index (χ0v) is 14.1. The second-order valence-electron chi connectivity index (χ2n) is 6.11. The Morgan fingerprint density at radius 3 is 2.35 bits per heavy atom. The van der Waals surface area contributed by atoms with Gasteiger partial charge in [-0.15, -0.1) is 0 Å². The fourth-order valence-corrected chi connectivity index (χ4v) is 2.54. The Morgan fingerprint density at radius 2 is 1.81 bits per heavy atom. The van der Waals surface area contributed by atoms with Crippen LogP contribution in [0.3, 0.4) is 0 Å². The van der Waals surface area contributed by atoms with Crippen LogP contribution in [0, 0.1) is 0 Å². The molecule has 1 atom stereocenters. The van der Waals surface area contributed by atoms with Crippen molar-refractivity contribution in [1.82, 2.24) is 10.2 Å².